The summed E-state index contributed by atoms with van der Waals surface area (Å²) in [6.45, 7) is 4.47. The van der Waals surface area contributed by atoms with Crippen molar-refractivity contribution in [2.45, 2.75) is 51.4 Å². The number of nitrogens with two attached hydrogens (primary N) is 1. The summed E-state index contributed by atoms with van der Waals surface area (Å²) in [5.41, 5.74) is 8.66. The molecule has 1 aliphatic rings. The second-order valence-corrected chi connectivity index (χ2v) is 4.58. The third-order valence-corrected chi connectivity index (χ3v) is 3.56. The summed E-state index contributed by atoms with van der Waals surface area (Å²) >= 11 is 0. The van der Waals surface area contributed by atoms with Crippen molar-refractivity contribution < 1.29 is 0 Å². The summed E-state index contributed by atoms with van der Waals surface area (Å²) in [5, 5.41) is 7.26. The number of aromatic nitrogens is 2. The van der Waals surface area contributed by atoms with Crippen molar-refractivity contribution >= 4 is 5.82 Å². The fourth-order valence-electron chi connectivity index (χ4n) is 2.64. The van der Waals surface area contributed by atoms with Crippen LogP contribution in [0.1, 0.15) is 50.8 Å². The summed E-state index contributed by atoms with van der Waals surface area (Å²) in [4.78, 5) is 0. The number of anilines is 1. The highest BCUT2D eigenvalue weighted by Gasteiger charge is 2.34. The first-order chi connectivity index (χ1) is 6.67. The van der Waals surface area contributed by atoms with Gasteiger partial charge in [0.1, 0.15) is 5.82 Å². The van der Waals surface area contributed by atoms with E-state index >= 15 is 0 Å². The van der Waals surface area contributed by atoms with Crippen LogP contribution in [0.25, 0.3) is 0 Å². The minimum Gasteiger partial charge on any atom is -0.382 e. The Morgan fingerprint density at radius 1 is 1.43 bits per heavy atom. The molecule has 0 saturated heterocycles. The average molecular weight is 193 g/mol. The van der Waals surface area contributed by atoms with E-state index < -0.39 is 0 Å². The Labute approximate surface area is 85.1 Å². The predicted molar refractivity (Wildman–Crippen MR) is 58.2 cm³/mol. The maximum absolute atomic E-state index is 5.84. The van der Waals surface area contributed by atoms with Gasteiger partial charge in [-0.1, -0.05) is 26.7 Å². The summed E-state index contributed by atoms with van der Waals surface area (Å²) in [5.74, 6) is 0.690. The van der Waals surface area contributed by atoms with E-state index in [1.165, 1.54) is 36.9 Å². The lowest BCUT2D eigenvalue weighted by Crippen LogP contribution is -2.19. The number of nitrogens with zero attached hydrogens (tertiary/aromatic N) is 1. The highest BCUT2D eigenvalue weighted by molar-refractivity contribution is 5.45. The minimum absolute atomic E-state index is 0.302. The van der Waals surface area contributed by atoms with Crippen molar-refractivity contribution in [1.29, 1.82) is 0 Å². The van der Waals surface area contributed by atoms with Crippen LogP contribution in [0.2, 0.25) is 0 Å². The van der Waals surface area contributed by atoms with Crippen molar-refractivity contribution in [3.63, 3.8) is 0 Å². The van der Waals surface area contributed by atoms with Crippen LogP contribution in [-0.4, -0.2) is 10.2 Å². The Balaban J connectivity index is 2.39. The molecular weight excluding hydrogens is 174 g/mol. The highest BCUT2D eigenvalue weighted by Crippen LogP contribution is 2.41. The fraction of sp³-hybridized carbons (Fsp3) is 0.727. The molecule has 78 valence electrons. The van der Waals surface area contributed by atoms with Crippen LogP contribution < -0.4 is 5.73 Å². The maximum Gasteiger partial charge on any atom is 0.148 e. The van der Waals surface area contributed by atoms with E-state index in [0.717, 1.165) is 6.42 Å². The number of aromatic amines is 1. The van der Waals surface area contributed by atoms with Gasteiger partial charge >= 0.3 is 0 Å². The van der Waals surface area contributed by atoms with Crippen LogP contribution in [0.5, 0.6) is 0 Å². The third kappa shape index (κ3) is 1.31. The van der Waals surface area contributed by atoms with E-state index in [1.54, 1.807) is 0 Å². The van der Waals surface area contributed by atoms with Gasteiger partial charge in [0.05, 0.1) is 0 Å². The lowest BCUT2D eigenvalue weighted by molar-refractivity contribution is 0.470. The topological polar surface area (TPSA) is 54.7 Å². The first-order valence-corrected chi connectivity index (χ1v) is 5.50. The molecule has 3 N–H and O–H groups in total. The standard InChI is InChI=1S/C11H19N3/c1-3-8-9(13-14-10(8)12)11(2)6-4-5-7-11/h3-7H2,1-2H3,(H3,12,13,14). The molecule has 1 aliphatic carbocycles. The Kier molecular flexibility index (Phi) is 2.25. The molecule has 0 aliphatic heterocycles. The van der Waals surface area contributed by atoms with E-state index in [0.29, 0.717) is 11.2 Å². The summed E-state index contributed by atoms with van der Waals surface area (Å²) in [6, 6.07) is 0. The summed E-state index contributed by atoms with van der Waals surface area (Å²) in [7, 11) is 0. The molecule has 1 aromatic heterocycles. The molecule has 0 spiro atoms. The lowest BCUT2D eigenvalue weighted by Gasteiger charge is -2.23. The van der Waals surface area contributed by atoms with E-state index in [-0.39, 0.29) is 0 Å². The zero-order chi connectivity index (χ0) is 10.2. The van der Waals surface area contributed by atoms with Gasteiger partial charge < -0.3 is 5.73 Å². The minimum atomic E-state index is 0.302. The zero-order valence-electron chi connectivity index (χ0n) is 9.06. The van der Waals surface area contributed by atoms with Gasteiger partial charge in [-0.3, -0.25) is 5.10 Å². The monoisotopic (exact) mass is 193 g/mol. The van der Waals surface area contributed by atoms with Crippen molar-refractivity contribution in [1.82, 2.24) is 10.2 Å². The number of hydrogen-bond donors (Lipinski definition) is 2. The van der Waals surface area contributed by atoms with Gasteiger partial charge in [-0.05, 0) is 19.3 Å². The van der Waals surface area contributed by atoms with Gasteiger partial charge in [-0.2, -0.15) is 5.10 Å². The van der Waals surface area contributed by atoms with Gasteiger partial charge in [0.25, 0.3) is 0 Å². The van der Waals surface area contributed by atoms with Crippen LogP contribution >= 0.6 is 0 Å². The van der Waals surface area contributed by atoms with Gasteiger partial charge in [0.2, 0.25) is 0 Å². The molecular formula is C11H19N3. The van der Waals surface area contributed by atoms with Crippen LogP contribution in [0.3, 0.4) is 0 Å². The molecule has 1 aromatic rings. The molecule has 3 nitrogen and oxygen atoms in total. The second kappa shape index (κ2) is 3.30. The number of H-pyrrole nitrogens is 1. The zero-order valence-corrected chi connectivity index (χ0v) is 9.06. The first-order valence-electron chi connectivity index (χ1n) is 5.50. The molecule has 3 heteroatoms. The second-order valence-electron chi connectivity index (χ2n) is 4.58. The van der Waals surface area contributed by atoms with Crippen LogP contribution in [-0.2, 0) is 11.8 Å². The van der Waals surface area contributed by atoms with Gasteiger partial charge in [0, 0.05) is 16.7 Å². The number of rotatable bonds is 2. The molecule has 1 fully saturated rings. The molecule has 0 unspecified atom stereocenters. The molecule has 0 amide bonds. The molecule has 1 heterocycles. The Morgan fingerprint density at radius 3 is 2.64 bits per heavy atom. The molecule has 1 saturated carbocycles. The highest BCUT2D eigenvalue weighted by atomic mass is 15.2. The van der Waals surface area contributed by atoms with Crippen LogP contribution in [0.15, 0.2) is 0 Å². The van der Waals surface area contributed by atoms with E-state index in [4.69, 9.17) is 5.73 Å². The smallest absolute Gasteiger partial charge is 0.148 e. The summed E-state index contributed by atoms with van der Waals surface area (Å²) in [6.07, 6.45) is 6.17. The molecule has 0 radical (unpaired) electrons. The van der Waals surface area contributed by atoms with E-state index in [1.807, 2.05) is 0 Å². The van der Waals surface area contributed by atoms with E-state index in [9.17, 15) is 0 Å². The molecule has 0 atom stereocenters. The van der Waals surface area contributed by atoms with Crippen molar-refractivity contribution in [3.05, 3.63) is 11.3 Å². The Morgan fingerprint density at radius 2 is 2.07 bits per heavy atom. The first kappa shape index (κ1) is 9.56. The van der Waals surface area contributed by atoms with Crippen molar-refractivity contribution in [2.24, 2.45) is 0 Å². The van der Waals surface area contributed by atoms with Gasteiger partial charge in [-0.15, -0.1) is 0 Å². The third-order valence-electron chi connectivity index (χ3n) is 3.56. The fourth-order valence-corrected chi connectivity index (χ4v) is 2.64. The Hall–Kier alpha value is -0.990. The number of nitrogens with one attached hydrogen (secondary N) is 1. The van der Waals surface area contributed by atoms with E-state index in [2.05, 4.69) is 24.0 Å². The Bertz CT molecular complexity index is 321. The van der Waals surface area contributed by atoms with Gasteiger partial charge in [0.15, 0.2) is 0 Å². The number of nitrogen functional groups attached to an aromatic ring is 1. The average Bonchev–Trinajstić information content (AvgIpc) is 2.73. The SMILES string of the molecule is CCc1c(N)n[nH]c1C1(C)CCCC1. The predicted octanol–water partition coefficient (Wildman–Crippen LogP) is 2.39. The van der Waals surface area contributed by atoms with Crippen molar-refractivity contribution in [2.75, 3.05) is 5.73 Å². The van der Waals surface area contributed by atoms with Gasteiger partial charge in [-0.25, -0.2) is 0 Å². The molecule has 0 aromatic carbocycles. The molecule has 2 rings (SSSR count). The van der Waals surface area contributed by atoms with Crippen molar-refractivity contribution in [3.8, 4) is 0 Å². The molecule has 14 heavy (non-hydrogen) atoms. The lowest BCUT2D eigenvalue weighted by atomic mass is 9.82. The quantitative estimate of drug-likeness (QED) is 0.757. The normalized spacial score (nSPS) is 20.1. The largest absolute Gasteiger partial charge is 0.382 e. The van der Waals surface area contributed by atoms with Crippen LogP contribution in [0.4, 0.5) is 5.82 Å². The number of hydrogen-bond acceptors (Lipinski definition) is 2. The van der Waals surface area contributed by atoms with Crippen LogP contribution in [0, 0.1) is 0 Å². The maximum atomic E-state index is 5.84. The summed E-state index contributed by atoms with van der Waals surface area (Å²) < 4.78 is 0. The molecule has 0 bridgehead atoms.